The van der Waals surface area contributed by atoms with Crippen LogP contribution in [0.5, 0.6) is 5.75 Å². The highest BCUT2D eigenvalue weighted by Crippen LogP contribution is 2.22. The van der Waals surface area contributed by atoms with Crippen LogP contribution in [-0.4, -0.2) is 47.6 Å². The maximum Gasteiger partial charge on any atom is 0.191 e. The summed E-state index contributed by atoms with van der Waals surface area (Å²) in [5.41, 5.74) is 4.65. The molecule has 0 aliphatic carbocycles. The molecule has 2 heterocycles. The van der Waals surface area contributed by atoms with Crippen molar-refractivity contribution in [1.29, 1.82) is 0 Å². The van der Waals surface area contributed by atoms with Crippen LogP contribution in [0, 0.1) is 12.8 Å². The lowest BCUT2D eigenvalue weighted by Gasteiger charge is -2.17. The van der Waals surface area contributed by atoms with E-state index in [0.29, 0.717) is 32.2 Å². The molecule has 1 aliphatic rings. The van der Waals surface area contributed by atoms with Crippen LogP contribution >= 0.6 is 24.0 Å². The molecule has 0 bridgehead atoms. The van der Waals surface area contributed by atoms with Gasteiger partial charge in [0.2, 0.25) is 0 Å². The average molecular weight is 576 g/mol. The Morgan fingerprint density at radius 2 is 2.03 bits per heavy atom. The molecule has 182 valence electrons. The summed E-state index contributed by atoms with van der Waals surface area (Å²) >= 11 is 0. The lowest BCUT2D eigenvalue weighted by atomic mass is 10.1. The Labute approximate surface area is 218 Å². The molecule has 1 aromatic heterocycles. The van der Waals surface area contributed by atoms with Gasteiger partial charge in [-0.15, -0.1) is 24.0 Å². The van der Waals surface area contributed by atoms with Crippen molar-refractivity contribution in [2.45, 2.75) is 33.0 Å². The molecule has 3 aromatic rings. The number of hydrogen-bond donors (Lipinski definition) is 2. The lowest BCUT2D eigenvalue weighted by Crippen LogP contribution is -2.36. The normalized spacial score (nSPS) is 15.6. The van der Waals surface area contributed by atoms with E-state index < -0.39 is 0 Å². The molecule has 1 fully saturated rings. The summed E-state index contributed by atoms with van der Waals surface area (Å²) in [6.07, 6.45) is 4.34. The van der Waals surface area contributed by atoms with Gasteiger partial charge in [0.25, 0.3) is 0 Å². The summed E-state index contributed by atoms with van der Waals surface area (Å²) < 4.78 is 13.4. The van der Waals surface area contributed by atoms with Crippen LogP contribution < -0.4 is 15.4 Å². The van der Waals surface area contributed by atoms with Gasteiger partial charge in [0.05, 0.1) is 19.8 Å². The molecule has 0 spiro atoms. The number of guanidine groups is 1. The van der Waals surface area contributed by atoms with Crippen molar-refractivity contribution in [2.24, 2.45) is 10.9 Å². The Bertz CT molecular complexity index is 1050. The van der Waals surface area contributed by atoms with E-state index in [1.54, 1.807) is 19.7 Å². The smallest absolute Gasteiger partial charge is 0.191 e. The molecule has 1 unspecified atom stereocenters. The summed E-state index contributed by atoms with van der Waals surface area (Å²) in [7, 11) is 1.78. The highest BCUT2D eigenvalue weighted by molar-refractivity contribution is 14.0. The Balaban J connectivity index is 0.00000324. The summed E-state index contributed by atoms with van der Waals surface area (Å²) in [6, 6.07) is 14.7. The van der Waals surface area contributed by atoms with Gasteiger partial charge in [0.15, 0.2) is 5.96 Å². The Morgan fingerprint density at radius 1 is 1.18 bits per heavy atom. The van der Waals surface area contributed by atoms with Gasteiger partial charge in [-0.3, -0.25) is 4.99 Å². The van der Waals surface area contributed by atoms with E-state index in [0.717, 1.165) is 36.9 Å². The molecule has 0 amide bonds. The number of aryl methyl sites for hydroxylation is 1. The molecule has 9 heteroatoms. The minimum absolute atomic E-state index is 0. The van der Waals surface area contributed by atoms with Crippen LogP contribution in [0.15, 0.2) is 60.1 Å². The molecule has 1 atom stereocenters. The first-order valence-corrected chi connectivity index (χ1v) is 11.3. The first-order valence-electron chi connectivity index (χ1n) is 11.3. The molecule has 2 N–H and O–H groups in total. The summed E-state index contributed by atoms with van der Waals surface area (Å²) in [6.45, 7) is 6.39. The van der Waals surface area contributed by atoms with Gasteiger partial charge in [0.1, 0.15) is 18.4 Å². The third-order valence-electron chi connectivity index (χ3n) is 5.65. The topological polar surface area (TPSA) is 85.6 Å². The maximum atomic E-state index is 6.16. The number of halogens is 1. The molecular weight excluding hydrogens is 543 g/mol. The number of nitrogens with one attached hydrogen (secondary N) is 2. The summed E-state index contributed by atoms with van der Waals surface area (Å²) in [5.74, 6) is 2.14. The van der Waals surface area contributed by atoms with E-state index in [1.165, 1.54) is 16.7 Å². The average Bonchev–Trinajstić information content (AvgIpc) is 3.53. The van der Waals surface area contributed by atoms with Crippen molar-refractivity contribution in [3.63, 3.8) is 0 Å². The fraction of sp³-hybridized carbons (Fsp3) is 0.400. The highest BCUT2D eigenvalue weighted by Gasteiger charge is 2.17. The molecule has 0 saturated carbocycles. The highest BCUT2D eigenvalue weighted by atomic mass is 127. The molecule has 4 rings (SSSR count). The van der Waals surface area contributed by atoms with E-state index in [4.69, 9.17) is 9.47 Å². The van der Waals surface area contributed by atoms with Gasteiger partial charge in [-0.1, -0.05) is 36.4 Å². The predicted molar refractivity (Wildman–Crippen MR) is 144 cm³/mol. The van der Waals surface area contributed by atoms with Crippen LogP contribution in [0.3, 0.4) is 0 Å². The number of ether oxygens (including phenoxy) is 2. The molecule has 0 radical (unpaired) electrons. The van der Waals surface area contributed by atoms with Crippen molar-refractivity contribution < 1.29 is 9.47 Å². The van der Waals surface area contributed by atoms with Crippen molar-refractivity contribution in [3.05, 3.63) is 77.4 Å². The van der Waals surface area contributed by atoms with E-state index in [9.17, 15) is 0 Å². The standard InChI is InChI=1S/C25H32N6O2.HI/c1-19-6-7-23(24(10-19)33-16-22-8-9-32-15-22)13-29-25(26-2)28-12-20-4-3-5-21(11-20)14-31-18-27-17-30-31;/h3-7,10-11,17-18,22H,8-9,12-16H2,1-2H3,(H2,26,28,29);1H. The molecule has 1 aliphatic heterocycles. The minimum Gasteiger partial charge on any atom is -0.493 e. The SMILES string of the molecule is CN=C(NCc1cccc(Cn2cncn2)c1)NCc1ccc(C)cc1OCC1CCOC1.I. The van der Waals surface area contributed by atoms with Crippen LogP contribution in [0.2, 0.25) is 0 Å². The van der Waals surface area contributed by atoms with Gasteiger partial charge < -0.3 is 20.1 Å². The van der Waals surface area contributed by atoms with E-state index in [-0.39, 0.29) is 24.0 Å². The third-order valence-corrected chi connectivity index (χ3v) is 5.65. The minimum atomic E-state index is 0. The number of nitrogens with zero attached hydrogens (tertiary/aromatic N) is 4. The molecule has 8 nitrogen and oxygen atoms in total. The van der Waals surface area contributed by atoms with Gasteiger partial charge >= 0.3 is 0 Å². The Hall–Kier alpha value is -2.66. The van der Waals surface area contributed by atoms with Crippen molar-refractivity contribution in [2.75, 3.05) is 26.9 Å². The zero-order valence-corrected chi connectivity index (χ0v) is 22.1. The van der Waals surface area contributed by atoms with Gasteiger partial charge in [0, 0.05) is 38.2 Å². The van der Waals surface area contributed by atoms with Gasteiger partial charge in [-0.05, 0) is 36.1 Å². The van der Waals surface area contributed by atoms with Gasteiger partial charge in [-0.2, -0.15) is 5.10 Å². The van der Waals surface area contributed by atoms with Crippen LogP contribution in [0.1, 0.15) is 28.7 Å². The largest absolute Gasteiger partial charge is 0.493 e. The zero-order valence-electron chi connectivity index (χ0n) is 19.7. The molecule has 1 saturated heterocycles. The van der Waals surface area contributed by atoms with E-state index >= 15 is 0 Å². The maximum absolute atomic E-state index is 6.16. The monoisotopic (exact) mass is 576 g/mol. The van der Waals surface area contributed by atoms with E-state index in [1.807, 2.05) is 4.68 Å². The quantitative estimate of drug-likeness (QED) is 0.231. The predicted octanol–water partition coefficient (Wildman–Crippen LogP) is 3.53. The summed E-state index contributed by atoms with van der Waals surface area (Å²) in [5, 5.41) is 11.0. The summed E-state index contributed by atoms with van der Waals surface area (Å²) in [4.78, 5) is 8.37. The van der Waals surface area contributed by atoms with Crippen LogP contribution in [-0.2, 0) is 24.4 Å². The van der Waals surface area contributed by atoms with Crippen LogP contribution in [0.4, 0.5) is 0 Å². The first-order chi connectivity index (χ1) is 16.2. The third kappa shape index (κ3) is 7.69. The Kier molecular flexibility index (Phi) is 10.1. The van der Waals surface area contributed by atoms with Crippen molar-refractivity contribution in [1.82, 2.24) is 25.4 Å². The number of benzene rings is 2. The van der Waals surface area contributed by atoms with Crippen LogP contribution in [0.25, 0.3) is 0 Å². The molecule has 34 heavy (non-hydrogen) atoms. The molecular formula is C25H33IN6O2. The number of aromatic nitrogens is 3. The lowest BCUT2D eigenvalue weighted by molar-refractivity contribution is 0.166. The second kappa shape index (κ2) is 13.3. The number of rotatable bonds is 9. The fourth-order valence-electron chi connectivity index (χ4n) is 3.79. The van der Waals surface area contributed by atoms with Crippen molar-refractivity contribution in [3.8, 4) is 5.75 Å². The second-order valence-electron chi connectivity index (χ2n) is 8.34. The Morgan fingerprint density at radius 3 is 2.79 bits per heavy atom. The molecule has 2 aromatic carbocycles. The van der Waals surface area contributed by atoms with Gasteiger partial charge in [-0.25, -0.2) is 9.67 Å². The number of hydrogen-bond acceptors (Lipinski definition) is 5. The van der Waals surface area contributed by atoms with E-state index in [2.05, 4.69) is 75.1 Å². The zero-order chi connectivity index (χ0) is 22.9. The first kappa shape index (κ1) is 26.0. The number of aliphatic imine (C=N–C) groups is 1. The fourth-order valence-corrected chi connectivity index (χ4v) is 3.79. The van der Waals surface area contributed by atoms with Crippen molar-refractivity contribution >= 4 is 29.9 Å². The second-order valence-corrected chi connectivity index (χ2v) is 8.34.